The molecule has 97 heavy (non-hydrogen) atoms. The predicted octanol–water partition coefficient (Wildman–Crippen LogP) is 22.1. The first-order valence-electron chi connectivity index (χ1n) is 34.8. The summed E-state index contributed by atoms with van der Waals surface area (Å²) in [5.41, 5.74) is 32.0. The number of anilines is 6. The molecule has 4 aliphatic rings. The van der Waals surface area contributed by atoms with Crippen LogP contribution in [0.5, 0.6) is 0 Å². The van der Waals surface area contributed by atoms with E-state index in [1.54, 1.807) is 0 Å². The van der Waals surface area contributed by atoms with Crippen LogP contribution in [0.15, 0.2) is 231 Å². The van der Waals surface area contributed by atoms with Gasteiger partial charge in [0.15, 0.2) is 17.5 Å². The topological polar surface area (TPSA) is 45.2 Å². The normalized spacial score (nSPS) is 14.7. The van der Waals surface area contributed by atoms with Gasteiger partial charge in [-0.05, 0) is 200 Å². The van der Waals surface area contributed by atoms with E-state index in [9.17, 15) is 0 Å². The Bertz CT molecular complexity index is 4810. The second-order valence-electron chi connectivity index (χ2n) is 33.0. The van der Waals surface area contributed by atoms with Crippen molar-refractivity contribution in [3.63, 3.8) is 0 Å². The van der Waals surface area contributed by atoms with E-state index in [1.807, 2.05) is 0 Å². The molecular weight excluding hydrogens is 1170 g/mol. The molecule has 5 nitrogen and oxygen atoms in total. The van der Waals surface area contributed by atoms with Gasteiger partial charge in [-0.1, -0.05) is 269 Å². The van der Waals surface area contributed by atoms with E-state index in [0.29, 0.717) is 17.5 Å². The zero-order valence-electron chi connectivity index (χ0n) is 59.3. The van der Waals surface area contributed by atoms with E-state index in [-0.39, 0.29) is 28.4 Å². The van der Waals surface area contributed by atoms with E-state index in [1.165, 1.54) is 128 Å². The Hall–Kier alpha value is -9.91. The molecule has 0 fully saturated rings. The van der Waals surface area contributed by atoms with E-state index in [2.05, 4.69) is 351 Å². The Morgan fingerprint density at radius 1 is 0.268 bits per heavy atom. The van der Waals surface area contributed by atoms with Gasteiger partial charge in [-0.2, -0.15) is 0 Å². The molecule has 6 heteroatoms. The molecule has 0 saturated heterocycles. The summed E-state index contributed by atoms with van der Waals surface area (Å²) in [5, 5.41) is 0. The molecule has 0 atom stereocenters. The first-order valence-corrected chi connectivity index (χ1v) is 34.8. The highest BCUT2D eigenvalue weighted by molar-refractivity contribution is 7.00. The fraction of sp³-hybridized carbons (Fsp3) is 0.242. The molecule has 0 N–H and O–H groups in total. The molecule has 0 unspecified atom stereocenters. The first-order chi connectivity index (χ1) is 46.1. The van der Waals surface area contributed by atoms with Gasteiger partial charge in [0.1, 0.15) is 0 Å². The van der Waals surface area contributed by atoms with Crippen molar-refractivity contribution in [2.24, 2.45) is 0 Å². The van der Waals surface area contributed by atoms with E-state index in [4.69, 9.17) is 15.0 Å². The zero-order valence-corrected chi connectivity index (χ0v) is 59.3. The predicted molar refractivity (Wildman–Crippen MR) is 411 cm³/mol. The lowest BCUT2D eigenvalue weighted by Crippen LogP contribution is -2.63. The van der Waals surface area contributed by atoms with Crippen molar-refractivity contribution in [1.82, 2.24) is 15.0 Å². The van der Waals surface area contributed by atoms with Crippen LogP contribution in [0.2, 0.25) is 0 Å². The van der Waals surface area contributed by atoms with Gasteiger partial charge in [-0.15, -0.1) is 0 Å². The van der Waals surface area contributed by atoms with Gasteiger partial charge in [0.25, 0.3) is 6.71 Å². The van der Waals surface area contributed by atoms with Gasteiger partial charge in [0.2, 0.25) is 0 Å². The summed E-state index contributed by atoms with van der Waals surface area (Å²) in [6, 6.07) is 87.6. The van der Waals surface area contributed by atoms with Gasteiger partial charge in [0, 0.05) is 50.3 Å². The second-order valence-corrected chi connectivity index (χ2v) is 33.0. The van der Waals surface area contributed by atoms with Crippen LogP contribution < -0.4 is 26.2 Å². The molecule has 0 radical (unpaired) electrons. The first kappa shape index (κ1) is 61.9. The van der Waals surface area contributed by atoms with Crippen molar-refractivity contribution in [2.45, 2.75) is 143 Å². The number of benzene rings is 11. The van der Waals surface area contributed by atoms with Crippen molar-refractivity contribution >= 4 is 57.2 Å². The molecule has 1 aromatic heterocycles. The average molecular weight is 1260 g/mol. The van der Waals surface area contributed by atoms with Crippen molar-refractivity contribution < 1.29 is 0 Å². The van der Waals surface area contributed by atoms with Crippen LogP contribution in [0.3, 0.4) is 0 Å². The van der Waals surface area contributed by atoms with Crippen LogP contribution in [0, 0.1) is 0 Å². The maximum absolute atomic E-state index is 5.86. The molecule has 0 aliphatic carbocycles. The zero-order chi connectivity index (χ0) is 67.6. The Kier molecular flexibility index (Phi) is 13.9. The van der Waals surface area contributed by atoms with Crippen LogP contribution in [-0.2, 0) is 32.5 Å². The van der Waals surface area contributed by atoms with Gasteiger partial charge in [0.05, 0.1) is 11.4 Å². The maximum Gasteiger partial charge on any atom is 0.252 e. The summed E-state index contributed by atoms with van der Waals surface area (Å²) in [4.78, 5) is 22.7. The molecule has 0 spiro atoms. The third kappa shape index (κ3) is 10.2. The van der Waals surface area contributed by atoms with Gasteiger partial charge in [-0.25, -0.2) is 15.0 Å². The van der Waals surface area contributed by atoms with Gasteiger partial charge < -0.3 is 9.80 Å². The fourth-order valence-corrected chi connectivity index (χ4v) is 15.8. The minimum atomic E-state index is -0.439. The largest absolute Gasteiger partial charge is 0.311 e. The summed E-state index contributed by atoms with van der Waals surface area (Å²) < 4.78 is 0. The SMILES string of the molecule is CC(C)(C)c1cc(-c2nc(-c3cc(C(C)(C)C)cc(C(C)(C)C)c3)nc(-c3cc4c5c(c3)N3c6ccc(-c7ccccc7)cc6C(C)(C)c6cc(-c7ccccc7)cc(c63)B5c3cc(-c5ccccc5)cc5c3N4c3ccc(-c4ccccc4)cc3C5(C)C)n2)cc(C(C)(C)C)c1. The van der Waals surface area contributed by atoms with Crippen molar-refractivity contribution in [3.05, 3.63) is 275 Å². The summed E-state index contributed by atoms with van der Waals surface area (Å²) in [5.74, 6) is 1.93. The third-order valence-corrected chi connectivity index (χ3v) is 21.6. The van der Waals surface area contributed by atoms with Crippen molar-refractivity contribution in [1.29, 1.82) is 0 Å². The molecule has 478 valence electrons. The minimum Gasteiger partial charge on any atom is -0.311 e. The van der Waals surface area contributed by atoms with Crippen LogP contribution in [0.4, 0.5) is 34.1 Å². The maximum atomic E-state index is 5.86. The Morgan fingerprint density at radius 3 is 0.866 bits per heavy atom. The molecule has 0 amide bonds. The van der Waals surface area contributed by atoms with Crippen molar-refractivity contribution in [2.75, 3.05) is 9.80 Å². The molecule has 12 aromatic rings. The third-order valence-electron chi connectivity index (χ3n) is 21.6. The minimum absolute atomic E-state index is 0.147. The van der Waals surface area contributed by atoms with Crippen LogP contribution in [0.25, 0.3) is 78.7 Å². The number of rotatable bonds is 7. The van der Waals surface area contributed by atoms with Crippen LogP contribution in [-0.4, -0.2) is 21.7 Å². The number of hydrogen-bond acceptors (Lipinski definition) is 5. The van der Waals surface area contributed by atoms with Crippen molar-refractivity contribution in [3.8, 4) is 78.7 Å². The molecule has 0 saturated carbocycles. The van der Waals surface area contributed by atoms with Crippen LogP contribution >= 0.6 is 0 Å². The lowest BCUT2D eigenvalue weighted by Gasteiger charge is -2.52. The lowest BCUT2D eigenvalue weighted by molar-refractivity contribution is 0.568. The molecule has 4 aliphatic heterocycles. The number of nitrogens with zero attached hydrogens (tertiary/aromatic N) is 5. The highest BCUT2D eigenvalue weighted by Crippen LogP contribution is 2.59. The van der Waals surface area contributed by atoms with Crippen LogP contribution in [0.1, 0.15) is 155 Å². The Labute approximate surface area is 575 Å². The monoisotopic (exact) mass is 1260 g/mol. The standard InChI is InChI=1S/C91H86BN5/c1-86(2,3)66-41-63(42-67(53-66)87(4,5)6)83-93-84(64-43-68(88(7,8)9)54-69(44-64)89(10,11)12)95-85(94-83)65-51-78-80-79(52-65)97-77-40-38-60(56-31-23-18-24-32-56)46-71(77)91(15,16)73-48-62(58-35-27-20-28-36-58)50-75(82(73)97)92(80)74-49-61(57-33-25-19-26-34-57)47-72-81(74)96(78)76-39-37-59(45-70(76)90(72,13)14)55-29-21-17-22-30-55/h17-54H,1-16H3. The Morgan fingerprint density at radius 2 is 0.557 bits per heavy atom. The Balaban J connectivity index is 1.06. The molecule has 5 heterocycles. The molecule has 16 rings (SSSR count). The summed E-state index contributed by atoms with van der Waals surface area (Å²) in [6.45, 7) is 37.3. The summed E-state index contributed by atoms with van der Waals surface area (Å²) in [7, 11) is 0. The smallest absolute Gasteiger partial charge is 0.252 e. The second kappa shape index (κ2) is 21.8. The number of fused-ring (bicyclic) bond motifs is 8. The van der Waals surface area contributed by atoms with Gasteiger partial charge >= 0.3 is 0 Å². The molecule has 0 bridgehead atoms. The van der Waals surface area contributed by atoms with E-state index >= 15 is 0 Å². The summed E-state index contributed by atoms with van der Waals surface area (Å²) >= 11 is 0. The highest BCUT2D eigenvalue weighted by Gasteiger charge is 2.52. The lowest BCUT2D eigenvalue weighted by atomic mass is 9.32. The summed E-state index contributed by atoms with van der Waals surface area (Å²) in [6.07, 6.45) is 0. The number of hydrogen-bond donors (Lipinski definition) is 0. The number of aromatic nitrogens is 3. The van der Waals surface area contributed by atoms with E-state index in [0.717, 1.165) is 28.1 Å². The highest BCUT2D eigenvalue weighted by atomic mass is 15.2. The van der Waals surface area contributed by atoms with Gasteiger partial charge in [-0.3, -0.25) is 0 Å². The average Bonchev–Trinajstić information content (AvgIpc) is 0.668. The molecule has 11 aromatic carbocycles. The quantitative estimate of drug-likeness (QED) is 0.149. The molecular formula is C91H86BN5. The van der Waals surface area contributed by atoms with E-state index < -0.39 is 10.8 Å². The fourth-order valence-electron chi connectivity index (χ4n) is 15.8.